The van der Waals surface area contributed by atoms with Gasteiger partial charge in [-0.05, 0) is 61.3 Å². The molecule has 3 aliphatic rings. The predicted molar refractivity (Wildman–Crippen MR) is 136 cm³/mol. The lowest BCUT2D eigenvalue weighted by Crippen LogP contribution is -2.39. The third-order valence-electron chi connectivity index (χ3n) is 7.25. The number of hydrogen-bond acceptors (Lipinski definition) is 7. The summed E-state index contributed by atoms with van der Waals surface area (Å²) in [4.78, 5) is 25.8. The molecule has 5 heterocycles. The molecule has 36 heavy (non-hydrogen) atoms. The highest BCUT2D eigenvalue weighted by atomic mass is 19.1. The molecule has 6 rings (SSSR count). The van der Waals surface area contributed by atoms with Crippen LogP contribution in [-0.2, 0) is 17.7 Å². The van der Waals surface area contributed by atoms with Crippen LogP contribution in [0, 0.1) is 5.95 Å². The van der Waals surface area contributed by atoms with Crippen molar-refractivity contribution in [2.24, 2.45) is 0 Å². The number of amides is 1. The molecule has 1 aromatic carbocycles. The van der Waals surface area contributed by atoms with Crippen molar-refractivity contribution in [3.05, 3.63) is 59.2 Å². The molecule has 3 N–H and O–H groups in total. The SMILES string of the molecule is Nc1nc(F)c(-c2ccc(N3CCOCC3)c(CN3CCC3)n2)cc1-c1ccc2c(c1)CCNC2=O. The van der Waals surface area contributed by atoms with Crippen molar-refractivity contribution in [3.63, 3.8) is 0 Å². The summed E-state index contributed by atoms with van der Waals surface area (Å²) in [7, 11) is 0. The number of nitrogens with zero attached hydrogens (tertiary/aromatic N) is 4. The highest BCUT2D eigenvalue weighted by Crippen LogP contribution is 2.34. The molecule has 8 nitrogen and oxygen atoms in total. The number of morpholine rings is 1. The van der Waals surface area contributed by atoms with Gasteiger partial charge < -0.3 is 20.7 Å². The van der Waals surface area contributed by atoms with Gasteiger partial charge in [-0.3, -0.25) is 9.69 Å². The van der Waals surface area contributed by atoms with Crippen molar-refractivity contribution in [1.29, 1.82) is 0 Å². The predicted octanol–water partition coefficient (Wildman–Crippen LogP) is 2.86. The molecule has 0 saturated carbocycles. The number of pyridine rings is 2. The molecule has 1 amide bonds. The van der Waals surface area contributed by atoms with Crippen LogP contribution in [0.15, 0.2) is 36.4 Å². The lowest BCUT2D eigenvalue weighted by Gasteiger charge is -2.34. The molecule has 0 aliphatic carbocycles. The first-order chi connectivity index (χ1) is 17.6. The minimum atomic E-state index is -0.643. The normalized spacial score (nSPS) is 17.9. The van der Waals surface area contributed by atoms with E-state index < -0.39 is 5.95 Å². The molecule has 9 heteroatoms. The van der Waals surface area contributed by atoms with Crippen LogP contribution in [0.4, 0.5) is 15.9 Å². The molecule has 3 aliphatic heterocycles. The summed E-state index contributed by atoms with van der Waals surface area (Å²) in [5, 5.41) is 2.85. The van der Waals surface area contributed by atoms with Gasteiger partial charge in [0.2, 0.25) is 5.95 Å². The minimum absolute atomic E-state index is 0.0759. The zero-order valence-electron chi connectivity index (χ0n) is 20.1. The van der Waals surface area contributed by atoms with Crippen LogP contribution in [0.3, 0.4) is 0 Å². The fourth-order valence-corrected chi connectivity index (χ4v) is 5.11. The first-order valence-corrected chi connectivity index (χ1v) is 12.5. The molecule has 186 valence electrons. The highest BCUT2D eigenvalue weighted by molar-refractivity contribution is 5.97. The number of hydrogen-bond donors (Lipinski definition) is 2. The van der Waals surface area contributed by atoms with Gasteiger partial charge >= 0.3 is 0 Å². The highest BCUT2D eigenvalue weighted by Gasteiger charge is 2.23. The van der Waals surface area contributed by atoms with Crippen molar-refractivity contribution in [2.45, 2.75) is 19.4 Å². The maximum absolute atomic E-state index is 15.2. The van der Waals surface area contributed by atoms with Crippen molar-refractivity contribution in [1.82, 2.24) is 20.2 Å². The third kappa shape index (κ3) is 4.29. The van der Waals surface area contributed by atoms with Crippen LogP contribution in [0.1, 0.15) is 28.0 Å². The maximum atomic E-state index is 15.2. The minimum Gasteiger partial charge on any atom is -0.383 e. The molecule has 2 saturated heterocycles. The maximum Gasteiger partial charge on any atom is 0.251 e. The second-order valence-electron chi connectivity index (χ2n) is 9.53. The lowest BCUT2D eigenvalue weighted by molar-refractivity contribution is 0.0946. The summed E-state index contributed by atoms with van der Waals surface area (Å²) < 4.78 is 20.7. The number of aromatic nitrogens is 2. The number of carbonyl (C=O) groups is 1. The van der Waals surface area contributed by atoms with Crippen LogP contribution in [-0.4, -0.2) is 66.7 Å². The molecule has 3 aromatic rings. The monoisotopic (exact) mass is 488 g/mol. The quantitative estimate of drug-likeness (QED) is 0.533. The molecule has 0 bridgehead atoms. The number of fused-ring (bicyclic) bond motifs is 1. The third-order valence-corrected chi connectivity index (χ3v) is 7.25. The fraction of sp³-hybridized carbons (Fsp3) is 0.370. The van der Waals surface area contributed by atoms with Crippen LogP contribution < -0.4 is 16.0 Å². The van der Waals surface area contributed by atoms with E-state index in [9.17, 15) is 4.79 Å². The summed E-state index contributed by atoms with van der Waals surface area (Å²) in [6, 6.07) is 11.2. The van der Waals surface area contributed by atoms with Crippen LogP contribution >= 0.6 is 0 Å². The molecule has 0 atom stereocenters. The Bertz CT molecular complexity index is 1320. The summed E-state index contributed by atoms with van der Waals surface area (Å²) in [6.07, 6.45) is 1.93. The molecular weight excluding hydrogens is 459 g/mol. The number of carbonyl (C=O) groups excluding carboxylic acids is 1. The van der Waals surface area contributed by atoms with E-state index in [1.165, 1.54) is 6.42 Å². The van der Waals surface area contributed by atoms with Crippen molar-refractivity contribution >= 4 is 17.4 Å². The van der Waals surface area contributed by atoms with Gasteiger partial charge in [-0.15, -0.1) is 0 Å². The van der Waals surface area contributed by atoms with E-state index in [0.29, 0.717) is 42.1 Å². The largest absolute Gasteiger partial charge is 0.383 e. The number of ether oxygens (including phenoxy) is 1. The fourth-order valence-electron chi connectivity index (χ4n) is 5.11. The average Bonchev–Trinajstić information content (AvgIpc) is 2.87. The molecule has 0 unspecified atom stereocenters. The van der Waals surface area contributed by atoms with E-state index in [0.717, 1.165) is 61.7 Å². The summed E-state index contributed by atoms with van der Waals surface area (Å²) in [6.45, 7) is 6.42. The molecule has 0 spiro atoms. The van der Waals surface area contributed by atoms with Gasteiger partial charge in [-0.1, -0.05) is 12.1 Å². The lowest BCUT2D eigenvalue weighted by atomic mass is 9.94. The van der Waals surface area contributed by atoms with Crippen molar-refractivity contribution < 1.29 is 13.9 Å². The van der Waals surface area contributed by atoms with Crippen molar-refractivity contribution in [3.8, 4) is 22.4 Å². The molecule has 0 radical (unpaired) electrons. The number of nitrogens with two attached hydrogens (primary N) is 1. The zero-order valence-corrected chi connectivity index (χ0v) is 20.1. The zero-order chi connectivity index (χ0) is 24.6. The first-order valence-electron chi connectivity index (χ1n) is 12.5. The van der Waals surface area contributed by atoms with Gasteiger partial charge in [-0.25, -0.2) is 9.97 Å². The van der Waals surface area contributed by atoms with E-state index >= 15 is 4.39 Å². The smallest absolute Gasteiger partial charge is 0.251 e. The van der Waals surface area contributed by atoms with Crippen LogP contribution in [0.2, 0.25) is 0 Å². The second-order valence-corrected chi connectivity index (χ2v) is 9.53. The van der Waals surface area contributed by atoms with Crippen LogP contribution in [0.25, 0.3) is 22.4 Å². The van der Waals surface area contributed by atoms with E-state index in [4.69, 9.17) is 15.5 Å². The van der Waals surface area contributed by atoms with Crippen molar-refractivity contribution in [2.75, 3.05) is 56.6 Å². The topological polar surface area (TPSA) is 96.6 Å². The van der Waals surface area contributed by atoms with Gasteiger partial charge in [0.05, 0.1) is 35.9 Å². The average molecular weight is 489 g/mol. The molecule has 2 aromatic heterocycles. The van der Waals surface area contributed by atoms with Gasteiger partial charge in [0.25, 0.3) is 5.91 Å². The second kappa shape index (κ2) is 9.48. The number of nitrogens with one attached hydrogen (secondary N) is 1. The Morgan fingerprint density at radius 1 is 1.00 bits per heavy atom. The first kappa shape index (κ1) is 22.9. The van der Waals surface area contributed by atoms with E-state index in [1.54, 1.807) is 12.1 Å². The number of nitrogen functional groups attached to an aromatic ring is 1. The Hall–Kier alpha value is -3.56. The number of benzene rings is 1. The summed E-state index contributed by atoms with van der Waals surface area (Å²) >= 11 is 0. The Morgan fingerprint density at radius 3 is 2.61 bits per heavy atom. The van der Waals surface area contributed by atoms with Gasteiger partial charge in [-0.2, -0.15) is 4.39 Å². The number of anilines is 2. The Balaban J connectivity index is 1.39. The van der Waals surface area contributed by atoms with E-state index in [1.807, 2.05) is 24.3 Å². The van der Waals surface area contributed by atoms with Gasteiger partial charge in [0.1, 0.15) is 5.82 Å². The molecular formula is C27H29FN6O2. The number of likely N-dealkylation sites (tertiary alicyclic amines) is 1. The summed E-state index contributed by atoms with van der Waals surface area (Å²) in [5.41, 5.74) is 12.1. The van der Waals surface area contributed by atoms with E-state index in [-0.39, 0.29) is 11.7 Å². The van der Waals surface area contributed by atoms with Crippen LogP contribution in [0.5, 0.6) is 0 Å². The van der Waals surface area contributed by atoms with E-state index in [2.05, 4.69) is 20.1 Å². The van der Waals surface area contributed by atoms with Gasteiger partial charge in [0, 0.05) is 37.3 Å². The number of halogens is 1. The molecule has 2 fully saturated rings. The Labute approximate surface area is 209 Å². The Morgan fingerprint density at radius 2 is 1.83 bits per heavy atom. The number of rotatable bonds is 5. The standard InChI is InChI=1S/C27H29FN6O2/c28-25-21(15-20(26(29)32-25)17-2-3-19-18(14-17)6-7-30-27(19)35)22-4-5-24(34-10-12-36-13-11-34)23(31-22)16-33-8-1-9-33/h2-5,14-15H,1,6-13,16H2,(H2,29,32)(H,30,35). The summed E-state index contributed by atoms with van der Waals surface area (Å²) in [5.74, 6) is -0.606. The van der Waals surface area contributed by atoms with Gasteiger partial charge in [0.15, 0.2) is 0 Å². The Kier molecular flexibility index (Phi) is 6.02.